The minimum absolute atomic E-state index is 0.0225. The number of hydrogen-bond acceptors (Lipinski definition) is 3. The van der Waals surface area contributed by atoms with E-state index in [-0.39, 0.29) is 11.3 Å². The molecule has 0 N–H and O–H groups in total. The van der Waals surface area contributed by atoms with Crippen LogP contribution in [-0.4, -0.2) is 8.42 Å². The van der Waals surface area contributed by atoms with E-state index in [2.05, 4.69) is 0 Å². The standard InChI is InChI=1S/C16H11F2NO2S/c17-14-6-13(7-15(18)9-14)8-16(10-19)22(20,21)11-12-4-2-1-3-5-12/h1-9H,11H2. The van der Waals surface area contributed by atoms with Gasteiger partial charge in [-0.05, 0) is 29.3 Å². The molecule has 0 radical (unpaired) electrons. The first-order chi connectivity index (χ1) is 10.4. The third kappa shape index (κ3) is 3.99. The van der Waals surface area contributed by atoms with Gasteiger partial charge in [0.2, 0.25) is 0 Å². The molecule has 0 saturated heterocycles. The summed E-state index contributed by atoms with van der Waals surface area (Å²) in [5.74, 6) is -2.04. The Balaban J connectivity index is 2.38. The molecule has 3 nitrogen and oxygen atoms in total. The summed E-state index contributed by atoms with van der Waals surface area (Å²) in [6.07, 6.45) is 0.963. The van der Waals surface area contributed by atoms with Gasteiger partial charge in [-0.1, -0.05) is 30.3 Å². The van der Waals surface area contributed by atoms with Crippen LogP contribution in [-0.2, 0) is 15.6 Å². The van der Waals surface area contributed by atoms with Gasteiger partial charge >= 0.3 is 0 Å². The molecule has 0 aliphatic carbocycles. The number of benzene rings is 2. The predicted molar refractivity (Wildman–Crippen MR) is 79.0 cm³/mol. The third-order valence-corrected chi connectivity index (χ3v) is 4.42. The molecule has 0 amide bonds. The van der Waals surface area contributed by atoms with Gasteiger partial charge < -0.3 is 0 Å². The lowest BCUT2D eigenvalue weighted by Gasteiger charge is -2.03. The zero-order valence-corrected chi connectivity index (χ0v) is 12.1. The summed E-state index contributed by atoms with van der Waals surface area (Å²) in [4.78, 5) is -0.540. The smallest absolute Gasteiger partial charge is 0.192 e. The molecule has 0 fully saturated rings. The largest absolute Gasteiger partial charge is 0.223 e. The monoisotopic (exact) mass is 319 g/mol. The summed E-state index contributed by atoms with van der Waals surface area (Å²) in [5.41, 5.74) is 0.500. The highest BCUT2D eigenvalue weighted by Crippen LogP contribution is 2.18. The maximum atomic E-state index is 13.1. The Morgan fingerprint density at radius 2 is 1.68 bits per heavy atom. The van der Waals surface area contributed by atoms with E-state index >= 15 is 0 Å². The summed E-state index contributed by atoms with van der Waals surface area (Å²) < 4.78 is 50.7. The van der Waals surface area contributed by atoms with Crippen LogP contribution in [0, 0.1) is 23.0 Å². The minimum atomic E-state index is -3.89. The fourth-order valence-corrected chi connectivity index (χ4v) is 3.11. The number of nitriles is 1. The first kappa shape index (κ1) is 15.9. The van der Waals surface area contributed by atoms with Gasteiger partial charge in [0.15, 0.2) is 9.84 Å². The second kappa shape index (κ2) is 6.50. The molecule has 0 aliphatic rings. The van der Waals surface area contributed by atoms with Gasteiger partial charge in [-0.2, -0.15) is 5.26 Å². The van der Waals surface area contributed by atoms with E-state index in [1.807, 2.05) is 0 Å². The van der Waals surface area contributed by atoms with Gasteiger partial charge in [0.1, 0.15) is 22.6 Å². The molecular formula is C16H11F2NO2S. The van der Waals surface area contributed by atoms with E-state index in [9.17, 15) is 17.2 Å². The molecule has 6 heteroatoms. The van der Waals surface area contributed by atoms with E-state index in [1.54, 1.807) is 36.4 Å². The average molecular weight is 319 g/mol. The molecule has 0 unspecified atom stereocenters. The molecule has 0 bridgehead atoms. The van der Waals surface area contributed by atoms with Crippen molar-refractivity contribution in [3.63, 3.8) is 0 Å². The fourth-order valence-electron chi connectivity index (χ4n) is 1.87. The second-order valence-corrected chi connectivity index (χ2v) is 6.53. The van der Waals surface area contributed by atoms with Crippen LogP contribution in [0.1, 0.15) is 11.1 Å². The van der Waals surface area contributed by atoms with Gasteiger partial charge in [0.25, 0.3) is 0 Å². The Morgan fingerprint density at radius 3 is 2.23 bits per heavy atom. The van der Waals surface area contributed by atoms with E-state index in [0.29, 0.717) is 11.6 Å². The summed E-state index contributed by atoms with van der Waals surface area (Å²) in [7, 11) is -3.89. The molecule has 112 valence electrons. The number of hydrogen-bond donors (Lipinski definition) is 0. The Hall–Kier alpha value is -2.52. The first-order valence-electron chi connectivity index (χ1n) is 6.25. The van der Waals surface area contributed by atoms with Crippen LogP contribution < -0.4 is 0 Å². The minimum Gasteiger partial charge on any atom is -0.223 e. The zero-order valence-electron chi connectivity index (χ0n) is 11.3. The van der Waals surface area contributed by atoms with Gasteiger partial charge in [-0.15, -0.1) is 0 Å². The third-order valence-electron chi connectivity index (χ3n) is 2.83. The molecule has 2 aromatic rings. The molecule has 0 aromatic heterocycles. The number of allylic oxidation sites excluding steroid dienone is 1. The normalized spacial score (nSPS) is 12.0. The van der Waals surface area contributed by atoms with Crippen LogP contribution in [0.4, 0.5) is 8.78 Å². The van der Waals surface area contributed by atoms with E-state index in [0.717, 1.165) is 18.2 Å². The first-order valence-corrected chi connectivity index (χ1v) is 7.90. The van der Waals surface area contributed by atoms with Crippen molar-refractivity contribution in [2.45, 2.75) is 5.75 Å². The maximum Gasteiger partial charge on any atom is 0.192 e. The Morgan fingerprint density at radius 1 is 1.09 bits per heavy atom. The van der Waals surface area contributed by atoms with Gasteiger partial charge in [0, 0.05) is 6.07 Å². The molecule has 22 heavy (non-hydrogen) atoms. The molecule has 0 heterocycles. The SMILES string of the molecule is N#CC(=Cc1cc(F)cc(F)c1)S(=O)(=O)Cc1ccccc1. The van der Waals surface area contributed by atoms with Gasteiger partial charge in [-0.3, -0.25) is 0 Å². The molecule has 0 atom stereocenters. The lowest BCUT2D eigenvalue weighted by molar-refractivity contribution is 0.582. The number of halogens is 2. The van der Waals surface area contributed by atoms with Crippen LogP contribution in [0.5, 0.6) is 0 Å². The highest BCUT2D eigenvalue weighted by Gasteiger charge is 2.18. The van der Waals surface area contributed by atoms with E-state index < -0.39 is 26.4 Å². The van der Waals surface area contributed by atoms with Crippen molar-refractivity contribution in [1.29, 1.82) is 5.26 Å². The predicted octanol–water partition coefficient (Wildman–Crippen LogP) is 3.44. The molecule has 0 spiro atoms. The summed E-state index contributed by atoms with van der Waals surface area (Å²) in [5, 5.41) is 9.05. The Labute approximate surface area is 127 Å². The van der Waals surface area contributed by atoms with Crippen LogP contribution in [0.3, 0.4) is 0 Å². The summed E-state index contributed by atoms with van der Waals surface area (Å²) in [6.45, 7) is 0. The van der Waals surface area contributed by atoms with Crippen molar-refractivity contribution < 1.29 is 17.2 Å². The van der Waals surface area contributed by atoms with E-state index in [1.165, 1.54) is 0 Å². The van der Waals surface area contributed by atoms with Crippen LogP contribution in [0.2, 0.25) is 0 Å². The lowest BCUT2D eigenvalue weighted by atomic mass is 10.2. The molecule has 2 aromatic carbocycles. The van der Waals surface area contributed by atoms with Crippen molar-refractivity contribution in [3.05, 3.63) is 76.2 Å². The van der Waals surface area contributed by atoms with Gasteiger partial charge in [0.05, 0.1) is 5.75 Å². The Bertz CT molecular complexity index is 833. The van der Waals surface area contributed by atoms with Crippen molar-refractivity contribution in [2.24, 2.45) is 0 Å². The molecule has 2 rings (SSSR count). The number of sulfone groups is 1. The van der Waals surface area contributed by atoms with Crippen LogP contribution in [0.15, 0.2) is 53.4 Å². The van der Waals surface area contributed by atoms with Crippen LogP contribution in [0.25, 0.3) is 6.08 Å². The molecule has 0 aliphatic heterocycles. The highest BCUT2D eigenvalue weighted by molar-refractivity contribution is 7.95. The number of rotatable bonds is 4. The highest BCUT2D eigenvalue weighted by atomic mass is 32.2. The quantitative estimate of drug-likeness (QED) is 0.811. The van der Waals surface area contributed by atoms with Gasteiger partial charge in [-0.25, -0.2) is 17.2 Å². The molecular weight excluding hydrogens is 308 g/mol. The summed E-state index contributed by atoms with van der Waals surface area (Å²) >= 11 is 0. The lowest BCUT2D eigenvalue weighted by Crippen LogP contribution is -2.06. The average Bonchev–Trinajstić information content (AvgIpc) is 2.44. The second-order valence-electron chi connectivity index (χ2n) is 4.57. The van der Waals surface area contributed by atoms with Crippen molar-refractivity contribution >= 4 is 15.9 Å². The van der Waals surface area contributed by atoms with Crippen molar-refractivity contribution in [2.75, 3.05) is 0 Å². The number of nitrogens with zero attached hydrogens (tertiary/aromatic N) is 1. The van der Waals surface area contributed by atoms with Crippen LogP contribution >= 0.6 is 0 Å². The fraction of sp³-hybridized carbons (Fsp3) is 0.0625. The van der Waals surface area contributed by atoms with Crippen molar-refractivity contribution in [1.82, 2.24) is 0 Å². The summed E-state index contributed by atoms with van der Waals surface area (Å²) in [6, 6.07) is 12.5. The van der Waals surface area contributed by atoms with E-state index in [4.69, 9.17) is 5.26 Å². The molecule has 0 saturated carbocycles. The zero-order chi connectivity index (χ0) is 16.2. The van der Waals surface area contributed by atoms with Crippen molar-refractivity contribution in [3.8, 4) is 6.07 Å². The Kier molecular flexibility index (Phi) is 4.68. The topological polar surface area (TPSA) is 57.9 Å². The maximum absolute atomic E-state index is 13.1.